The minimum absolute atomic E-state index is 0.0124. The highest BCUT2D eigenvalue weighted by atomic mass is 16.3. The summed E-state index contributed by atoms with van der Waals surface area (Å²) in [5.41, 5.74) is 0.452. The van der Waals surface area contributed by atoms with Crippen molar-refractivity contribution in [2.75, 3.05) is 0 Å². The van der Waals surface area contributed by atoms with Gasteiger partial charge in [-0.2, -0.15) is 0 Å². The van der Waals surface area contributed by atoms with Gasteiger partial charge in [-0.25, -0.2) is 0 Å². The van der Waals surface area contributed by atoms with Gasteiger partial charge in [0.1, 0.15) is 5.78 Å². The zero-order valence-electron chi connectivity index (χ0n) is 13.6. The largest absolute Gasteiger partial charge is 0.393 e. The summed E-state index contributed by atoms with van der Waals surface area (Å²) in [6, 6.07) is 0. The fourth-order valence-electron chi connectivity index (χ4n) is 7.01. The standard InChI is InChI=1S/C19H30O2/c1-18-9-7-13(20)11-12(18)3-4-14-15-5-6-17(21)19(15,2)10-8-16(14)18/h12-16,20H,3-11H2,1-2H3/t12-,13-,14+,15+,16-,18+,19+/m1/s1. The molecule has 0 aromatic rings. The number of fused-ring (bicyclic) bond motifs is 5. The van der Waals surface area contributed by atoms with E-state index in [0.717, 1.165) is 49.9 Å². The molecule has 0 amide bonds. The second-order valence-corrected chi connectivity index (χ2v) is 9.00. The highest BCUT2D eigenvalue weighted by molar-refractivity contribution is 5.87. The van der Waals surface area contributed by atoms with Crippen LogP contribution >= 0.6 is 0 Å². The molecule has 4 rings (SSSR count). The van der Waals surface area contributed by atoms with Crippen LogP contribution in [-0.4, -0.2) is 17.0 Å². The van der Waals surface area contributed by atoms with E-state index >= 15 is 0 Å². The van der Waals surface area contributed by atoms with E-state index < -0.39 is 0 Å². The van der Waals surface area contributed by atoms with E-state index in [-0.39, 0.29) is 11.5 Å². The maximum absolute atomic E-state index is 12.4. The molecule has 0 unspecified atom stereocenters. The van der Waals surface area contributed by atoms with Crippen molar-refractivity contribution in [1.82, 2.24) is 0 Å². The number of carbonyl (C=O) groups is 1. The lowest BCUT2D eigenvalue weighted by molar-refractivity contribution is -0.142. The number of aliphatic hydroxyl groups excluding tert-OH is 1. The van der Waals surface area contributed by atoms with E-state index in [0.29, 0.717) is 17.1 Å². The summed E-state index contributed by atoms with van der Waals surface area (Å²) in [6.45, 7) is 4.78. The van der Waals surface area contributed by atoms with E-state index in [2.05, 4.69) is 13.8 Å². The molecule has 4 aliphatic rings. The molecule has 7 atom stereocenters. The molecule has 0 heterocycles. The summed E-state index contributed by atoms with van der Waals surface area (Å²) in [6.07, 6.45) is 10.1. The van der Waals surface area contributed by atoms with Crippen LogP contribution in [0.15, 0.2) is 0 Å². The molecule has 4 saturated carbocycles. The number of carbonyl (C=O) groups excluding carboxylic acids is 1. The molecule has 0 aromatic carbocycles. The fraction of sp³-hybridized carbons (Fsp3) is 0.947. The summed E-state index contributed by atoms with van der Waals surface area (Å²) < 4.78 is 0. The van der Waals surface area contributed by atoms with Gasteiger partial charge in [-0.3, -0.25) is 4.79 Å². The minimum Gasteiger partial charge on any atom is -0.393 e. The lowest BCUT2D eigenvalue weighted by Crippen LogP contribution is -2.54. The summed E-state index contributed by atoms with van der Waals surface area (Å²) in [4.78, 5) is 12.4. The molecule has 2 nitrogen and oxygen atoms in total. The zero-order chi connectivity index (χ0) is 14.8. The van der Waals surface area contributed by atoms with Crippen LogP contribution < -0.4 is 0 Å². The second-order valence-electron chi connectivity index (χ2n) is 9.00. The number of hydrogen-bond donors (Lipinski definition) is 1. The van der Waals surface area contributed by atoms with Crippen LogP contribution in [0.3, 0.4) is 0 Å². The Labute approximate surface area is 128 Å². The predicted molar refractivity (Wildman–Crippen MR) is 82.7 cm³/mol. The number of Topliss-reactive ketones (excluding diaryl/α,β-unsaturated/α-hetero) is 1. The summed E-state index contributed by atoms with van der Waals surface area (Å²) in [5.74, 6) is 3.54. The highest BCUT2D eigenvalue weighted by Gasteiger charge is 2.60. The molecule has 0 radical (unpaired) electrons. The number of hydrogen-bond acceptors (Lipinski definition) is 2. The van der Waals surface area contributed by atoms with Crippen molar-refractivity contribution in [2.45, 2.75) is 77.7 Å². The van der Waals surface area contributed by atoms with Gasteiger partial charge in [-0.05, 0) is 80.5 Å². The van der Waals surface area contributed by atoms with Crippen LogP contribution in [0.2, 0.25) is 0 Å². The lowest BCUT2D eigenvalue weighted by Gasteiger charge is -2.60. The third-order valence-electron chi connectivity index (χ3n) is 8.35. The Balaban J connectivity index is 1.64. The van der Waals surface area contributed by atoms with Crippen molar-refractivity contribution in [3.05, 3.63) is 0 Å². The first-order valence-electron chi connectivity index (χ1n) is 9.16. The van der Waals surface area contributed by atoms with Crippen LogP contribution in [-0.2, 0) is 4.79 Å². The van der Waals surface area contributed by atoms with Gasteiger partial charge in [0, 0.05) is 11.8 Å². The SMILES string of the molecule is C[C@]12CC[C@@H](O)C[C@H]1CC[C@@H]1[C@H]2CC[C@]2(C)C(=O)CC[C@@H]12. The van der Waals surface area contributed by atoms with Crippen LogP contribution in [0.1, 0.15) is 71.6 Å². The Morgan fingerprint density at radius 3 is 2.62 bits per heavy atom. The van der Waals surface area contributed by atoms with Crippen LogP contribution in [0, 0.1) is 34.5 Å². The second kappa shape index (κ2) is 4.57. The van der Waals surface area contributed by atoms with Crippen molar-refractivity contribution < 1.29 is 9.90 Å². The topological polar surface area (TPSA) is 37.3 Å². The van der Waals surface area contributed by atoms with Crippen molar-refractivity contribution in [2.24, 2.45) is 34.5 Å². The highest BCUT2D eigenvalue weighted by Crippen LogP contribution is 2.65. The van der Waals surface area contributed by atoms with Gasteiger partial charge in [0.25, 0.3) is 0 Å². The monoisotopic (exact) mass is 290 g/mol. The number of aliphatic hydroxyl groups is 1. The van der Waals surface area contributed by atoms with Crippen LogP contribution in [0.4, 0.5) is 0 Å². The third-order valence-corrected chi connectivity index (χ3v) is 8.35. The van der Waals surface area contributed by atoms with E-state index in [9.17, 15) is 9.90 Å². The van der Waals surface area contributed by atoms with Gasteiger partial charge in [0.05, 0.1) is 6.10 Å². The Kier molecular flexibility index (Phi) is 3.10. The smallest absolute Gasteiger partial charge is 0.139 e. The molecule has 2 heteroatoms. The number of rotatable bonds is 0. The first kappa shape index (κ1) is 14.2. The van der Waals surface area contributed by atoms with E-state index in [1.807, 2.05) is 0 Å². The molecule has 4 fully saturated rings. The van der Waals surface area contributed by atoms with Crippen molar-refractivity contribution in [1.29, 1.82) is 0 Å². The molecule has 0 saturated heterocycles. The maximum Gasteiger partial charge on any atom is 0.139 e. The summed E-state index contributed by atoms with van der Waals surface area (Å²) in [5, 5.41) is 10.0. The quantitative estimate of drug-likeness (QED) is 0.733. The van der Waals surface area contributed by atoms with Crippen molar-refractivity contribution in [3.63, 3.8) is 0 Å². The predicted octanol–water partition coefficient (Wildman–Crippen LogP) is 3.96. The summed E-state index contributed by atoms with van der Waals surface area (Å²) in [7, 11) is 0. The van der Waals surface area contributed by atoms with Gasteiger partial charge in [0.15, 0.2) is 0 Å². The Bertz CT molecular complexity index is 458. The Morgan fingerprint density at radius 1 is 1.00 bits per heavy atom. The molecule has 118 valence electrons. The average Bonchev–Trinajstić information content (AvgIpc) is 2.76. The van der Waals surface area contributed by atoms with Gasteiger partial charge in [-0.1, -0.05) is 13.8 Å². The molecular formula is C19H30O2. The lowest BCUT2D eigenvalue weighted by atomic mass is 9.45. The van der Waals surface area contributed by atoms with Gasteiger partial charge in [-0.15, -0.1) is 0 Å². The Morgan fingerprint density at radius 2 is 1.81 bits per heavy atom. The van der Waals surface area contributed by atoms with Crippen LogP contribution in [0.25, 0.3) is 0 Å². The van der Waals surface area contributed by atoms with Gasteiger partial charge in [0.2, 0.25) is 0 Å². The molecular weight excluding hydrogens is 260 g/mol. The normalized spacial score (nSPS) is 56.5. The zero-order valence-corrected chi connectivity index (χ0v) is 13.6. The average molecular weight is 290 g/mol. The molecule has 0 bridgehead atoms. The molecule has 0 aliphatic heterocycles. The third kappa shape index (κ3) is 1.84. The Hall–Kier alpha value is -0.370. The molecule has 21 heavy (non-hydrogen) atoms. The molecule has 0 aromatic heterocycles. The first-order chi connectivity index (χ1) is 9.95. The van der Waals surface area contributed by atoms with Gasteiger partial charge >= 0.3 is 0 Å². The van der Waals surface area contributed by atoms with Crippen molar-refractivity contribution >= 4 is 5.78 Å². The van der Waals surface area contributed by atoms with Gasteiger partial charge < -0.3 is 5.11 Å². The molecule has 0 spiro atoms. The first-order valence-corrected chi connectivity index (χ1v) is 9.16. The number of ketones is 1. The van der Waals surface area contributed by atoms with Crippen molar-refractivity contribution in [3.8, 4) is 0 Å². The van der Waals surface area contributed by atoms with Crippen LogP contribution in [0.5, 0.6) is 0 Å². The van der Waals surface area contributed by atoms with E-state index in [4.69, 9.17) is 0 Å². The molecule has 4 aliphatic carbocycles. The maximum atomic E-state index is 12.4. The van der Waals surface area contributed by atoms with E-state index in [1.165, 1.54) is 25.7 Å². The fourth-order valence-corrected chi connectivity index (χ4v) is 7.01. The van der Waals surface area contributed by atoms with E-state index in [1.54, 1.807) is 0 Å². The minimum atomic E-state index is -0.0541. The molecule has 1 N–H and O–H groups in total. The summed E-state index contributed by atoms with van der Waals surface area (Å²) >= 11 is 0.